The lowest BCUT2D eigenvalue weighted by Crippen LogP contribution is -2.39. The van der Waals surface area contributed by atoms with Gasteiger partial charge in [0.2, 0.25) is 0 Å². The van der Waals surface area contributed by atoms with Crippen LogP contribution in [-0.4, -0.2) is 28.9 Å². The lowest BCUT2D eigenvalue weighted by atomic mass is 10.3. The number of nitrogens with one attached hydrogen (secondary N) is 1. The van der Waals surface area contributed by atoms with Crippen LogP contribution in [0.15, 0.2) is 35.5 Å². The maximum absolute atomic E-state index is 12.4. The molecule has 0 saturated heterocycles. The molecule has 0 saturated carbocycles. The summed E-state index contributed by atoms with van der Waals surface area (Å²) in [5, 5.41) is 0.451. The number of thioether (sulfide) groups is 1. The summed E-state index contributed by atoms with van der Waals surface area (Å²) in [5.74, 6) is 4.97. The molecule has 2 heterocycles. The third kappa shape index (κ3) is 4.19. The number of rotatable bonds is 4. The highest BCUT2D eigenvalue weighted by atomic mass is 32.2. The minimum absolute atomic E-state index is 0.318. The Kier molecular flexibility index (Phi) is 4.86. The average Bonchev–Trinajstić information content (AvgIpc) is 2.92. The van der Waals surface area contributed by atoms with Gasteiger partial charge in [-0.3, -0.25) is 10.2 Å². The Morgan fingerprint density at radius 3 is 2.76 bits per heavy atom. The normalized spacial score (nSPS) is 21.5. The first kappa shape index (κ1) is 15.8. The second-order valence-electron chi connectivity index (χ2n) is 4.18. The quantitative estimate of drug-likeness (QED) is 0.289. The van der Waals surface area contributed by atoms with Crippen LogP contribution in [0.3, 0.4) is 0 Å². The predicted molar refractivity (Wildman–Crippen MR) is 70.1 cm³/mol. The molecule has 0 aromatic carbocycles. The number of halogens is 3. The number of hydrogen-bond donors (Lipinski definition) is 2. The van der Waals surface area contributed by atoms with Crippen LogP contribution >= 0.6 is 11.8 Å². The minimum Gasteiger partial charge on any atom is -0.356 e. The maximum Gasteiger partial charge on any atom is 0.417 e. The van der Waals surface area contributed by atoms with E-state index in [2.05, 4.69) is 4.98 Å². The molecule has 3 N–H and O–H groups in total. The van der Waals surface area contributed by atoms with Gasteiger partial charge in [0.25, 0.3) is 5.91 Å². The average molecular weight is 319 g/mol. The number of amides is 1. The van der Waals surface area contributed by atoms with Crippen LogP contribution in [0.2, 0.25) is 0 Å². The third-order valence-corrected chi connectivity index (χ3v) is 3.71. The zero-order chi connectivity index (χ0) is 15.5. The summed E-state index contributed by atoms with van der Waals surface area (Å²) in [6.07, 6.45) is -1.37. The van der Waals surface area contributed by atoms with Gasteiger partial charge in [0, 0.05) is 11.9 Å². The van der Waals surface area contributed by atoms with Gasteiger partial charge in [0.15, 0.2) is 6.10 Å². The summed E-state index contributed by atoms with van der Waals surface area (Å²) < 4.78 is 42.5. The van der Waals surface area contributed by atoms with Gasteiger partial charge in [-0.25, -0.2) is 10.8 Å². The van der Waals surface area contributed by atoms with Crippen LogP contribution in [0.5, 0.6) is 0 Å². The SMILES string of the molecule is NNC(=O)C1C=CC(CSc2ccc(C(F)(F)F)cn2)O1. The predicted octanol–water partition coefficient (Wildman–Crippen LogP) is 1.51. The Balaban J connectivity index is 1.85. The summed E-state index contributed by atoms with van der Waals surface area (Å²) in [5.41, 5.74) is 1.19. The van der Waals surface area contributed by atoms with Crippen molar-refractivity contribution in [2.24, 2.45) is 5.84 Å². The van der Waals surface area contributed by atoms with E-state index in [0.717, 1.165) is 12.3 Å². The van der Waals surface area contributed by atoms with Crippen LogP contribution in [0.1, 0.15) is 5.56 Å². The molecule has 1 aromatic heterocycles. The van der Waals surface area contributed by atoms with Gasteiger partial charge in [-0.2, -0.15) is 13.2 Å². The smallest absolute Gasteiger partial charge is 0.356 e. The molecule has 21 heavy (non-hydrogen) atoms. The fraction of sp³-hybridized carbons (Fsp3) is 0.333. The largest absolute Gasteiger partial charge is 0.417 e. The number of carbonyl (C=O) groups is 1. The molecule has 2 unspecified atom stereocenters. The van der Waals surface area contributed by atoms with Crippen molar-refractivity contribution in [3.8, 4) is 0 Å². The molecule has 2 rings (SSSR count). The summed E-state index contributed by atoms with van der Waals surface area (Å²) >= 11 is 1.24. The van der Waals surface area contributed by atoms with Gasteiger partial charge >= 0.3 is 6.18 Å². The molecular formula is C12H12F3N3O2S. The molecule has 0 bridgehead atoms. The van der Waals surface area contributed by atoms with E-state index in [1.54, 1.807) is 12.2 Å². The van der Waals surface area contributed by atoms with Crippen LogP contribution < -0.4 is 11.3 Å². The molecule has 2 atom stereocenters. The Morgan fingerprint density at radius 1 is 1.43 bits per heavy atom. The maximum atomic E-state index is 12.4. The number of hydrogen-bond acceptors (Lipinski definition) is 5. The van der Waals surface area contributed by atoms with Gasteiger partial charge < -0.3 is 4.74 Å². The zero-order valence-corrected chi connectivity index (χ0v) is 11.4. The Hall–Kier alpha value is -1.58. The summed E-state index contributed by atoms with van der Waals surface area (Å²) in [4.78, 5) is 15.0. The Morgan fingerprint density at radius 2 is 2.19 bits per heavy atom. The highest BCUT2D eigenvalue weighted by Gasteiger charge is 2.30. The molecule has 1 aliphatic rings. The molecule has 0 aliphatic carbocycles. The van der Waals surface area contributed by atoms with Crippen LogP contribution in [0, 0.1) is 0 Å². The summed E-state index contributed by atoms with van der Waals surface area (Å²) in [6, 6.07) is 2.28. The number of carbonyl (C=O) groups excluding carboxylic acids is 1. The number of alkyl halides is 3. The van der Waals surface area contributed by atoms with E-state index in [1.807, 2.05) is 5.43 Å². The monoisotopic (exact) mass is 319 g/mol. The fourth-order valence-corrected chi connectivity index (χ4v) is 2.45. The van der Waals surface area contributed by atoms with E-state index in [1.165, 1.54) is 17.8 Å². The van der Waals surface area contributed by atoms with Crippen molar-refractivity contribution in [2.75, 3.05) is 5.75 Å². The number of pyridine rings is 1. The fourth-order valence-electron chi connectivity index (χ4n) is 1.63. The highest BCUT2D eigenvalue weighted by molar-refractivity contribution is 7.99. The lowest BCUT2D eigenvalue weighted by molar-refractivity contribution is -0.137. The van der Waals surface area contributed by atoms with Gasteiger partial charge in [-0.1, -0.05) is 6.08 Å². The van der Waals surface area contributed by atoms with Gasteiger partial charge in [-0.15, -0.1) is 11.8 Å². The van der Waals surface area contributed by atoms with Crippen molar-refractivity contribution in [1.82, 2.24) is 10.4 Å². The number of ether oxygens (including phenoxy) is 1. The van der Waals surface area contributed by atoms with E-state index in [4.69, 9.17) is 10.6 Å². The van der Waals surface area contributed by atoms with Crippen molar-refractivity contribution in [3.05, 3.63) is 36.0 Å². The third-order valence-electron chi connectivity index (χ3n) is 2.68. The van der Waals surface area contributed by atoms with Crippen molar-refractivity contribution < 1.29 is 22.7 Å². The van der Waals surface area contributed by atoms with E-state index in [0.29, 0.717) is 10.8 Å². The van der Waals surface area contributed by atoms with Gasteiger partial charge in [0.1, 0.15) is 0 Å². The second-order valence-corrected chi connectivity index (χ2v) is 5.22. The summed E-state index contributed by atoms with van der Waals surface area (Å²) in [6.45, 7) is 0. The molecule has 1 aliphatic heterocycles. The molecular weight excluding hydrogens is 307 g/mol. The topological polar surface area (TPSA) is 77.2 Å². The van der Waals surface area contributed by atoms with E-state index >= 15 is 0 Å². The zero-order valence-electron chi connectivity index (χ0n) is 10.6. The van der Waals surface area contributed by atoms with E-state index in [-0.39, 0.29) is 6.10 Å². The molecule has 0 fully saturated rings. The number of nitrogens with zero attached hydrogens (tertiary/aromatic N) is 1. The lowest BCUT2D eigenvalue weighted by Gasteiger charge is -2.12. The van der Waals surface area contributed by atoms with Crippen molar-refractivity contribution in [1.29, 1.82) is 0 Å². The number of aromatic nitrogens is 1. The molecule has 0 radical (unpaired) electrons. The molecule has 9 heteroatoms. The van der Waals surface area contributed by atoms with E-state index in [9.17, 15) is 18.0 Å². The van der Waals surface area contributed by atoms with Crippen molar-refractivity contribution in [2.45, 2.75) is 23.4 Å². The summed E-state index contributed by atoms with van der Waals surface area (Å²) in [7, 11) is 0. The first-order chi connectivity index (χ1) is 9.90. The van der Waals surface area contributed by atoms with Crippen LogP contribution in [-0.2, 0) is 15.7 Å². The first-order valence-electron chi connectivity index (χ1n) is 5.90. The minimum atomic E-state index is -4.39. The molecule has 5 nitrogen and oxygen atoms in total. The standard InChI is InChI=1S/C12H12F3N3O2S/c13-12(14,15)7-1-4-10(17-5-7)21-6-8-2-3-9(20-8)11(19)18-16/h1-5,8-9H,6,16H2,(H,18,19). The molecule has 1 aromatic rings. The Bertz CT molecular complexity index is 534. The van der Waals surface area contributed by atoms with Crippen LogP contribution in [0.4, 0.5) is 13.2 Å². The second kappa shape index (κ2) is 6.46. The highest BCUT2D eigenvalue weighted by Crippen LogP contribution is 2.30. The Labute approximate surface area is 122 Å². The van der Waals surface area contributed by atoms with Crippen molar-refractivity contribution >= 4 is 17.7 Å². The van der Waals surface area contributed by atoms with Crippen LogP contribution in [0.25, 0.3) is 0 Å². The van der Waals surface area contributed by atoms with E-state index < -0.39 is 23.8 Å². The first-order valence-corrected chi connectivity index (χ1v) is 6.89. The number of nitrogens with two attached hydrogens (primary N) is 1. The molecule has 0 spiro atoms. The number of hydrazine groups is 1. The van der Waals surface area contributed by atoms with Gasteiger partial charge in [-0.05, 0) is 18.2 Å². The molecule has 1 amide bonds. The molecule has 114 valence electrons. The van der Waals surface area contributed by atoms with Gasteiger partial charge in [0.05, 0.1) is 16.7 Å². The van der Waals surface area contributed by atoms with Crippen molar-refractivity contribution in [3.63, 3.8) is 0 Å².